The minimum atomic E-state index is -0.163. The summed E-state index contributed by atoms with van der Waals surface area (Å²) < 4.78 is 1.82. The largest absolute Gasteiger partial charge is 0.371 e. The van der Waals surface area contributed by atoms with E-state index in [9.17, 15) is 4.79 Å². The average Bonchev–Trinajstić information content (AvgIpc) is 2.98. The maximum atomic E-state index is 12.6. The predicted molar refractivity (Wildman–Crippen MR) is 118 cm³/mol. The number of anilines is 2. The Morgan fingerprint density at radius 3 is 2.62 bits per heavy atom. The Bertz CT molecular complexity index is 1080. The third-order valence-electron chi connectivity index (χ3n) is 5.72. The Hall–Kier alpha value is -3.15. The Morgan fingerprint density at radius 2 is 1.90 bits per heavy atom. The van der Waals surface area contributed by atoms with Crippen molar-refractivity contribution in [3.63, 3.8) is 0 Å². The first-order valence-corrected chi connectivity index (χ1v) is 10.2. The zero-order valence-corrected chi connectivity index (χ0v) is 17.3. The van der Waals surface area contributed by atoms with Crippen molar-refractivity contribution in [2.45, 2.75) is 33.1 Å². The van der Waals surface area contributed by atoms with E-state index in [1.807, 2.05) is 56.2 Å². The maximum absolute atomic E-state index is 12.6. The van der Waals surface area contributed by atoms with Crippen molar-refractivity contribution in [1.82, 2.24) is 14.8 Å². The van der Waals surface area contributed by atoms with Gasteiger partial charge in [-0.2, -0.15) is 5.10 Å². The van der Waals surface area contributed by atoms with Gasteiger partial charge in [0, 0.05) is 66.3 Å². The van der Waals surface area contributed by atoms with E-state index in [-0.39, 0.29) is 5.91 Å². The molecule has 1 aliphatic heterocycles. The summed E-state index contributed by atoms with van der Waals surface area (Å²) >= 11 is 0. The first-order chi connectivity index (χ1) is 14.0. The molecule has 0 bridgehead atoms. The lowest BCUT2D eigenvalue weighted by molar-refractivity contribution is -0.111. The molecule has 4 rings (SSSR count). The molecular formula is C23H27N5O. The number of pyridine rings is 1. The van der Waals surface area contributed by atoms with Crippen LogP contribution in [0.1, 0.15) is 36.2 Å². The third kappa shape index (κ3) is 3.88. The van der Waals surface area contributed by atoms with Crippen LogP contribution in [-0.4, -0.2) is 33.8 Å². The van der Waals surface area contributed by atoms with Crippen LogP contribution in [0.15, 0.2) is 36.7 Å². The number of piperidine rings is 1. The summed E-state index contributed by atoms with van der Waals surface area (Å²) in [4.78, 5) is 19.3. The van der Waals surface area contributed by atoms with Crippen LogP contribution in [0, 0.1) is 13.8 Å². The van der Waals surface area contributed by atoms with Gasteiger partial charge < -0.3 is 10.2 Å². The number of aromatic nitrogens is 3. The zero-order chi connectivity index (χ0) is 20.4. The van der Waals surface area contributed by atoms with E-state index in [2.05, 4.69) is 26.4 Å². The van der Waals surface area contributed by atoms with Gasteiger partial charge in [-0.15, -0.1) is 0 Å². The number of rotatable bonds is 4. The fraction of sp³-hybridized carbons (Fsp3) is 0.348. The molecule has 1 fully saturated rings. The fourth-order valence-corrected chi connectivity index (χ4v) is 4.06. The summed E-state index contributed by atoms with van der Waals surface area (Å²) in [6.45, 7) is 6.10. The van der Waals surface area contributed by atoms with Crippen LogP contribution in [0.5, 0.6) is 0 Å². The number of hydrogen-bond acceptors (Lipinski definition) is 4. The SMILES string of the molecule is Cc1nn(C)c(C)c1/C=C/C(=O)Nc1ccc(N2CCCCC2)c2ccncc12. The number of carbonyl (C=O) groups excluding carboxylic acids is 1. The molecule has 0 unspecified atom stereocenters. The Morgan fingerprint density at radius 1 is 1.10 bits per heavy atom. The van der Waals surface area contributed by atoms with Crippen molar-refractivity contribution in [2.75, 3.05) is 23.3 Å². The molecule has 6 heteroatoms. The van der Waals surface area contributed by atoms with Crippen molar-refractivity contribution in [2.24, 2.45) is 7.05 Å². The number of amides is 1. The molecule has 1 saturated heterocycles. The summed E-state index contributed by atoms with van der Waals surface area (Å²) in [5, 5.41) is 9.50. The first-order valence-electron chi connectivity index (χ1n) is 10.2. The highest BCUT2D eigenvalue weighted by Gasteiger charge is 2.15. The first kappa shape index (κ1) is 19.2. The lowest BCUT2D eigenvalue weighted by Gasteiger charge is -2.30. The van der Waals surface area contributed by atoms with Crippen LogP contribution in [0.2, 0.25) is 0 Å². The zero-order valence-electron chi connectivity index (χ0n) is 17.3. The topological polar surface area (TPSA) is 63.1 Å². The van der Waals surface area contributed by atoms with Crippen molar-refractivity contribution in [3.05, 3.63) is 53.6 Å². The van der Waals surface area contributed by atoms with Crippen molar-refractivity contribution < 1.29 is 4.79 Å². The molecule has 0 spiro atoms. The molecule has 1 N–H and O–H groups in total. The van der Waals surface area contributed by atoms with E-state index in [4.69, 9.17) is 0 Å². The number of nitrogens with one attached hydrogen (secondary N) is 1. The van der Waals surface area contributed by atoms with Gasteiger partial charge in [-0.25, -0.2) is 0 Å². The Balaban J connectivity index is 1.59. The monoisotopic (exact) mass is 389 g/mol. The second-order valence-electron chi connectivity index (χ2n) is 7.63. The molecule has 1 aliphatic rings. The second-order valence-corrected chi connectivity index (χ2v) is 7.63. The van der Waals surface area contributed by atoms with E-state index in [0.717, 1.165) is 46.5 Å². The van der Waals surface area contributed by atoms with Gasteiger partial charge in [0.25, 0.3) is 0 Å². The highest BCUT2D eigenvalue weighted by atomic mass is 16.1. The normalized spacial score (nSPS) is 14.7. The molecule has 0 radical (unpaired) electrons. The average molecular weight is 390 g/mol. The lowest BCUT2D eigenvalue weighted by atomic mass is 10.1. The summed E-state index contributed by atoms with van der Waals surface area (Å²) in [5.74, 6) is -0.163. The highest BCUT2D eigenvalue weighted by molar-refractivity contribution is 6.10. The van der Waals surface area contributed by atoms with Gasteiger partial charge in [-0.1, -0.05) is 0 Å². The molecule has 0 saturated carbocycles. The summed E-state index contributed by atoms with van der Waals surface area (Å²) in [6, 6.07) is 6.13. The molecule has 2 aromatic heterocycles. The van der Waals surface area contributed by atoms with E-state index in [0.29, 0.717) is 0 Å². The number of hydrogen-bond donors (Lipinski definition) is 1. The van der Waals surface area contributed by atoms with Gasteiger partial charge >= 0.3 is 0 Å². The van der Waals surface area contributed by atoms with Crippen LogP contribution in [0.3, 0.4) is 0 Å². The highest BCUT2D eigenvalue weighted by Crippen LogP contribution is 2.33. The van der Waals surface area contributed by atoms with E-state index < -0.39 is 0 Å². The molecule has 6 nitrogen and oxygen atoms in total. The van der Waals surface area contributed by atoms with Gasteiger partial charge in [-0.05, 0) is 57.4 Å². The van der Waals surface area contributed by atoms with Gasteiger partial charge in [0.05, 0.1) is 11.4 Å². The van der Waals surface area contributed by atoms with E-state index in [1.54, 1.807) is 6.08 Å². The number of aryl methyl sites for hydroxylation is 2. The van der Waals surface area contributed by atoms with Gasteiger partial charge in [-0.3, -0.25) is 14.5 Å². The minimum Gasteiger partial charge on any atom is -0.371 e. The molecule has 29 heavy (non-hydrogen) atoms. The van der Waals surface area contributed by atoms with E-state index >= 15 is 0 Å². The minimum absolute atomic E-state index is 0.163. The quantitative estimate of drug-likeness (QED) is 0.679. The van der Waals surface area contributed by atoms with Crippen molar-refractivity contribution in [3.8, 4) is 0 Å². The van der Waals surface area contributed by atoms with Gasteiger partial charge in [0.2, 0.25) is 5.91 Å². The molecule has 3 aromatic rings. The lowest BCUT2D eigenvalue weighted by Crippen LogP contribution is -2.29. The molecule has 3 heterocycles. The molecule has 150 valence electrons. The summed E-state index contributed by atoms with van der Waals surface area (Å²) in [5.41, 5.74) is 4.93. The standard InChI is InChI=1S/C23H27N5O/c1-16-18(17(2)27(3)26-16)7-10-23(29)25-21-8-9-22(28-13-5-4-6-14-28)19-11-12-24-15-20(19)21/h7-12,15H,4-6,13-14H2,1-3H3,(H,25,29)/b10-7+. The summed E-state index contributed by atoms with van der Waals surface area (Å²) in [6.07, 6.45) is 10.8. The van der Waals surface area contributed by atoms with Gasteiger partial charge in [0.15, 0.2) is 0 Å². The number of benzene rings is 1. The van der Waals surface area contributed by atoms with Crippen LogP contribution in [0.4, 0.5) is 11.4 Å². The Kier molecular flexibility index (Phi) is 5.34. The van der Waals surface area contributed by atoms with E-state index in [1.165, 1.54) is 24.9 Å². The molecule has 0 atom stereocenters. The summed E-state index contributed by atoms with van der Waals surface area (Å²) in [7, 11) is 1.91. The van der Waals surface area contributed by atoms with Crippen LogP contribution in [-0.2, 0) is 11.8 Å². The third-order valence-corrected chi connectivity index (χ3v) is 5.72. The number of carbonyl (C=O) groups is 1. The van der Waals surface area contributed by atoms with Crippen molar-refractivity contribution in [1.29, 1.82) is 0 Å². The maximum Gasteiger partial charge on any atom is 0.248 e. The number of fused-ring (bicyclic) bond motifs is 1. The molecule has 0 aliphatic carbocycles. The fourth-order valence-electron chi connectivity index (χ4n) is 4.06. The second kappa shape index (κ2) is 8.07. The van der Waals surface area contributed by atoms with Crippen molar-refractivity contribution >= 4 is 34.1 Å². The molecule has 1 amide bonds. The van der Waals surface area contributed by atoms with Crippen LogP contribution in [0.25, 0.3) is 16.8 Å². The molecular weight excluding hydrogens is 362 g/mol. The Labute approximate surface area is 171 Å². The predicted octanol–water partition coefficient (Wildman–Crippen LogP) is 4.23. The molecule has 1 aromatic carbocycles. The van der Waals surface area contributed by atoms with Gasteiger partial charge in [0.1, 0.15) is 0 Å². The number of nitrogens with zero attached hydrogens (tertiary/aromatic N) is 4. The smallest absolute Gasteiger partial charge is 0.248 e. The van der Waals surface area contributed by atoms with Crippen LogP contribution < -0.4 is 10.2 Å². The van der Waals surface area contributed by atoms with Crippen LogP contribution >= 0.6 is 0 Å².